The van der Waals surface area contributed by atoms with Gasteiger partial charge in [-0.25, -0.2) is 4.79 Å². The number of ether oxygens (including phenoxy) is 2. The van der Waals surface area contributed by atoms with Gasteiger partial charge in [-0.1, -0.05) is 28.9 Å². The number of hydrogen-bond donors (Lipinski definition) is 3. The molecule has 140 valence electrons. The quantitative estimate of drug-likeness (QED) is 0.611. The molecule has 26 heavy (non-hydrogen) atoms. The van der Waals surface area contributed by atoms with Gasteiger partial charge in [-0.3, -0.25) is 5.32 Å². The molecule has 0 saturated heterocycles. The number of aliphatic hydroxyl groups is 1. The molecule has 6 nitrogen and oxygen atoms in total. The Hall–Kier alpha value is -2.25. The number of aliphatic hydroxyl groups excluding tert-OH is 1. The molecule has 0 aliphatic heterocycles. The van der Waals surface area contributed by atoms with Crippen LogP contribution in [0.5, 0.6) is 11.5 Å². The molecule has 2 rings (SSSR count). The Morgan fingerprint density at radius 3 is 2.50 bits per heavy atom. The first-order valence-electron chi connectivity index (χ1n) is 8.15. The highest BCUT2D eigenvalue weighted by atomic mass is 79.9. The standard InChI is InChI=1S/C19H22BrNO5/c1-12(9-10-22)18(13-3-8-17(25-2)16(23)11-13)26-19(24)21-15-6-4-14(20)5-7-15/h3-8,11-12,18,22-23H,9-10H2,1-2H3,(H,21,24)/t12-,18-/m0/s1. The van der Waals surface area contributed by atoms with Crippen LogP contribution in [-0.2, 0) is 4.74 Å². The number of hydrogen-bond acceptors (Lipinski definition) is 5. The van der Waals surface area contributed by atoms with Gasteiger partial charge in [0.15, 0.2) is 11.5 Å². The van der Waals surface area contributed by atoms with Gasteiger partial charge in [-0.15, -0.1) is 0 Å². The molecule has 0 unspecified atom stereocenters. The molecule has 0 saturated carbocycles. The van der Waals surface area contributed by atoms with Crippen LogP contribution in [0.3, 0.4) is 0 Å². The largest absolute Gasteiger partial charge is 0.504 e. The molecular weight excluding hydrogens is 402 g/mol. The number of anilines is 1. The number of phenols is 1. The first-order valence-corrected chi connectivity index (χ1v) is 8.95. The summed E-state index contributed by atoms with van der Waals surface area (Å²) in [5.41, 5.74) is 1.22. The van der Waals surface area contributed by atoms with Crippen LogP contribution < -0.4 is 10.1 Å². The van der Waals surface area contributed by atoms with Gasteiger partial charge in [0.25, 0.3) is 0 Å². The number of aromatic hydroxyl groups is 1. The summed E-state index contributed by atoms with van der Waals surface area (Å²) in [6.07, 6.45) is -0.796. The van der Waals surface area contributed by atoms with Crippen LogP contribution in [0.15, 0.2) is 46.9 Å². The summed E-state index contributed by atoms with van der Waals surface area (Å²) in [7, 11) is 1.46. The summed E-state index contributed by atoms with van der Waals surface area (Å²) in [6, 6.07) is 12.0. The fourth-order valence-corrected chi connectivity index (χ4v) is 2.81. The monoisotopic (exact) mass is 423 g/mol. The normalized spacial score (nSPS) is 12.9. The minimum Gasteiger partial charge on any atom is -0.504 e. The molecule has 2 atom stereocenters. The van der Waals surface area contributed by atoms with E-state index in [-0.39, 0.29) is 18.3 Å². The number of carbonyl (C=O) groups excluding carboxylic acids is 1. The zero-order valence-corrected chi connectivity index (χ0v) is 16.2. The number of halogens is 1. The Morgan fingerprint density at radius 1 is 1.23 bits per heavy atom. The minimum absolute atomic E-state index is 0.0303. The molecule has 2 aromatic carbocycles. The Labute approximate surface area is 160 Å². The SMILES string of the molecule is COc1ccc([C@@H](OC(=O)Nc2ccc(Br)cc2)[C@@H](C)CCO)cc1O. The van der Waals surface area contributed by atoms with Gasteiger partial charge < -0.3 is 19.7 Å². The molecule has 0 heterocycles. The van der Waals surface area contributed by atoms with Crippen LogP contribution in [0, 0.1) is 5.92 Å². The lowest BCUT2D eigenvalue weighted by Crippen LogP contribution is -2.22. The van der Waals surface area contributed by atoms with Crippen molar-refractivity contribution in [3.63, 3.8) is 0 Å². The molecule has 0 spiro atoms. The second-order valence-electron chi connectivity index (χ2n) is 5.88. The summed E-state index contributed by atoms with van der Waals surface area (Å²) in [5, 5.41) is 21.9. The van der Waals surface area contributed by atoms with Crippen LogP contribution in [0.25, 0.3) is 0 Å². The molecule has 0 aromatic heterocycles. The number of nitrogens with one attached hydrogen (secondary N) is 1. The Morgan fingerprint density at radius 2 is 1.92 bits per heavy atom. The summed E-state index contributed by atoms with van der Waals surface area (Å²) in [6.45, 7) is 1.84. The highest BCUT2D eigenvalue weighted by molar-refractivity contribution is 9.10. The number of phenolic OH excluding ortho intramolecular Hbond substituents is 1. The van der Waals surface area contributed by atoms with E-state index >= 15 is 0 Å². The van der Waals surface area contributed by atoms with Gasteiger partial charge in [-0.2, -0.15) is 0 Å². The van der Waals surface area contributed by atoms with Crippen molar-refractivity contribution < 1.29 is 24.5 Å². The van der Waals surface area contributed by atoms with Crippen LogP contribution >= 0.6 is 15.9 Å². The van der Waals surface area contributed by atoms with E-state index in [0.717, 1.165) is 4.47 Å². The van der Waals surface area contributed by atoms with Gasteiger partial charge in [0.05, 0.1) is 7.11 Å². The summed E-state index contributed by atoms with van der Waals surface area (Å²) < 4.78 is 11.5. The third kappa shape index (κ3) is 5.37. The van der Waals surface area contributed by atoms with E-state index in [2.05, 4.69) is 21.2 Å². The first kappa shape index (κ1) is 20.1. The molecule has 1 amide bonds. The molecule has 7 heteroatoms. The average Bonchev–Trinajstić information content (AvgIpc) is 2.61. The molecule has 2 aromatic rings. The highest BCUT2D eigenvalue weighted by Crippen LogP contribution is 2.34. The average molecular weight is 424 g/mol. The third-order valence-electron chi connectivity index (χ3n) is 3.96. The molecular formula is C19H22BrNO5. The molecule has 3 N–H and O–H groups in total. The second-order valence-corrected chi connectivity index (χ2v) is 6.79. The summed E-state index contributed by atoms with van der Waals surface area (Å²) in [5.74, 6) is 0.146. The van der Waals surface area contributed by atoms with Gasteiger partial charge in [0, 0.05) is 16.8 Å². The number of carbonyl (C=O) groups is 1. The van der Waals surface area contributed by atoms with Crippen LogP contribution in [0.2, 0.25) is 0 Å². The molecule has 0 bridgehead atoms. The zero-order valence-electron chi connectivity index (χ0n) is 14.6. The summed E-state index contributed by atoms with van der Waals surface area (Å²) >= 11 is 3.34. The smallest absolute Gasteiger partial charge is 0.412 e. The fraction of sp³-hybridized carbons (Fsp3) is 0.316. The second kappa shape index (κ2) is 9.45. The first-order chi connectivity index (χ1) is 12.4. The molecule has 0 aliphatic carbocycles. The Balaban J connectivity index is 2.17. The number of methoxy groups -OCH3 is 1. The van der Waals surface area contributed by atoms with Gasteiger partial charge in [0.2, 0.25) is 0 Å². The molecule has 0 aliphatic rings. The Bertz CT molecular complexity index is 735. The van der Waals surface area contributed by atoms with Gasteiger partial charge >= 0.3 is 6.09 Å². The lowest BCUT2D eigenvalue weighted by Gasteiger charge is -2.24. The van der Waals surface area contributed by atoms with Crippen LogP contribution in [0.1, 0.15) is 25.0 Å². The molecule has 0 fully saturated rings. The maximum Gasteiger partial charge on any atom is 0.412 e. The van der Waals surface area contributed by atoms with E-state index in [1.54, 1.807) is 24.3 Å². The van der Waals surface area contributed by atoms with E-state index < -0.39 is 12.2 Å². The van der Waals surface area contributed by atoms with Crippen molar-refractivity contribution in [1.29, 1.82) is 0 Å². The maximum absolute atomic E-state index is 12.3. The van der Waals surface area contributed by atoms with Crippen molar-refractivity contribution in [2.24, 2.45) is 5.92 Å². The molecule has 0 radical (unpaired) electrons. The number of amides is 1. The fourth-order valence-electron chi connectivity index (χ4n) is 2.55. The van der Waals surface area contributed by atoms with Crippen molar-refractivity contribution in [3.8, 4) is 11.5 Å². The van der Waals surface area contributed by atoms with E-state index in [9.17, 15) is 15.0 Å². The topological polar surface area (TPSA) is 88.0 Å². The van der Waals surface area contributed by atoms with E-state index in [1.807, 2.05) is 19.1 Å². The van der Waals surface area contributed by atoms with E-state index in [1.165, 1.54) is 13.2 Å². The lowest BCUT2D eigenvalue weighted by molar-refractivity contribution is 0.0666. The van der Waals surface area contributed by atoms with Crippen molar-refractivity contribution in [2.75, 3.05) is 19.0 Å². The minimum atomic E-state index is -0.630. The Kier molecular flexibility index (Phi) is 7.29. The summed E-state index contributed by atoms with van der Waals surface area (Å²) in [4.78, 5) is 12.3. The van der Waals surface area contributed by atoms with Crippen molar-refractivity contribution >= 4 is 27.7 Å². The lowest BCUT2D eigenvalue weighted by atomic mass is 9.94. The van der Waals surface area contributed by atoms with Gasteiger partial charge in [-0.05, 0) is 54.3 Å². The predicted molar refractivity (Wildman–Crippen MR) is 103 cm³/mol. The van der Waals surface area contributed by atoms with Crippen molar-refractivity contribution in [1.82, 2.24) is 0 Å². The zero-order chi connectivity index (χ0) is 19.1. The number of benzene rings is 2. The maximum atomic E-state index is 12.3. The van der Waals surface area contributed by atoms with E-state index in [4.69, 9.17) is 9.47 Å². The number of rotatable bonds is 7. The van der Waals surface area contributed by atoms with E-state index in [0.29, 0.717) is 23.4 Å². The van der Waals surface area contributed by atoms with Crippen molar-refractivity contribution in [3.05, 3.63) is 52.5 Å². The van der Waals surface area contributed by atoms with Gasteiger partial charge in [0.1, 0.15) is 6.10 Å². The highest BCUT2D eigenvalue weighted by Gasteiger charge is 2.24. The third-order valence-corrected chi connectivity index (χ3v) is 4.49. The van der Waals surface area contributed by atoms with Crippen LogP contribution in [-0.4, -0.2) is 30.0 Å². The van der Waals surface area contributed by atoms with Crippen LogP contribution in [0.4, 0.5) is 10.5 Å². The van der Waals surface area contributed by atoms with Crippen molar-refractivity contribution in [2.45, 2.75) is 19.4 Å². The predicted octanol–water partition coefficient (Wildman–Crippen LogP) is 4.47.